The number of anilines is 1. The number of esters is 1. The van der Waals surface area contributed by atoms with Gasteiger partial charge in [0.25, 0.3) is 5.91 Å². The Kier molecular flexibility index (Phi) is 7.10. The van der Waals surface area contributed by atoms with Crippen molar-refractivity contribution < 1.29 is 27.5 Å². The van der Waals surface area contributed by atoms with Gasteiger partial charge in [-0.1, -0.05) is 41.4 Å². The lowest BCUT2D eigenvalue weighted by molar-refractivity contribution is -0.148. The van der Waals surface area contributed by atoms with E-state index in [4.69, 9.17) is 27.9 Å². The molecule has 4 nitrogen and oxygen atoms in total. The number of nitrogens with one attached hydrogen (secondary N) is 1. The minimum atomic E-state index is -4.63. The van der Waals surface area contributed by atoms with Crippen LogP contribution < -0.4 is 5.32 Å². The summed E-state index contributed by atoms with van der Waals surface area (Å²) in [6, 6.07) is 9.14. The van der Waals surface area contributed by atoms with E-state index in [9.17, 15) is 22.8 Å². The Morgan fingerprint density at radius 2 is 1.82 bits per heavy atom. The molecule has 0 saturated carbocycles. The summed E-state index contributed by atoms with van der Waals surface area (Å²) in [5, 5.41) is 2.85. The van der Waals surface area contributed by atoms with Crippen molar-refractivity contribution in [2.75, 3.05) is 5.32 Å². The molecular formula is C19H14Cl2F3NO3. The quantitative estimate of drug-likeness (QED) is 0.495. The minimum Gasteiger partial charge on any atom is -0.449 e. The zero-order valence-electron chi connectivity index (χ0n) is 14.4. The molecule has 1 amide bonds. The van der Waals surface area contributed by atoms with E-state index in [0.717, 1.165) is 18.2 Å². The molecular weight excluding hydrogens is 418 g/mol. The lowest BCUT2D eigenvalue weighted by atomic mass is 10.1. The maximum Gasteiger partial charge on any atom is 0.418 e. The zero-order valence-corrected chi connectivity index (χ0v) is 15.9. The summed E-state index contributed by atoms with van der Waals surface area (Å²) in [6.45, 7) is 1.24. The van der Waals surface area contributed by atoms with Gasteiger partial charge in [0.15, 0.2) is 6.10 Å². The monoisotopic (exact) mass is 431 g/mol. The molecule has 9 heteroatoms. The number of amides is 1. The van der Waals surface area contributed by atoms with Gasteiger partial charge in [-0.25, -0.2) is 4.79 Å². The van der Waals surface area contributed by atoms with Gasteiger partial charge in [0.1, 0.15) is 0 Å². The number of hydrogen-bond donors (Lipinski definition) is 1. The van der Waals surface area contributed by atoms with Crippen molar-refractivity contribution in [3.63, 3.8) is 0 Å². The summed E-state index contributed by atoms with van der Waals surface area (Å²) in [5.74, 6) is -1.76. The van der Waals surface area contributed by atoms with E-state index < -0.39 is 35.4 Å². The second kappa shape index (κ2) is 9.12. The average Bonchev–Trinajstić information content (AvgIpc) is 2.60. The molecule has 0 spiro atoms. The third-order valence-electron chi connectivity index (χ3n) is 3.51. The van der Waals surface area contributed by atoms with Gasteiger partial charge in [-0.15, -0.1) is 0 Å². The molecule has 0 fully saturated rings. The summed E-state index contributed by atoms with van der Waals surface area (Å²) in [7, 11) is 0. The van der Waals surface area contributed by atoms with Gasteiger partial charge in [-0.3, -0.25) is 4.79 Å². The van der Waals surface area contributed by atoms with E-state index in [2.05, 4.69) is 5.32 Å². The fraction of sp³-hybridized carbons (Fsp3) is 0.158. The molecule has 0 aliphatic rings. The first kappa shape index (κ1) is 21.8. The summed E-state index contributed by atoms with van der Waals surface area (Å²) < 4.78 is 43.8. The molecule has 1 unspecified atom stereocenters. The standard InChI is InChI=1S/C19H14Cl2F3NO3/c1-11(18(27)25-16-5-3-2-4-14(16)19(22,23)24)28-17(26)9-7-12-6-8-13(20)10-15(12)21/h2-11H,1H3,(H,25,27)/b9-7+. The molecule has 0 heterocycles. The molecule has 0 saturated heterocycles. The van der Waals surface area contributed by atoms with Crippen LogP contribution in [0, 0.1) is 0 Å². The molecule has 0 aromatic heterocycles. The number of alkyl halides is 3. The number of halogens is 5. The van der Waals surface area contributed by atoms with Crippen LogP contribution in [0.15, 0.2) is 48.5 Å². The first-order valence-corrected chi connectivity index (χ1v) is 8.64. The summed E-state index contributed by atoms with van der Waals surface area (Å²) in [6.07, 6.45) is -3.54. The zero-order chi connectivity index (χ0) is 20.9. The molecule has 148 valence electrons. The largest absolute Gasteiger partial charge is 0.449 e. The summed E-state index contributed by atoms with van der Waals surface area (Å²) >= 11 is 11.7. The van der Waals surface area contributed by atoms with E-state index in [1.807, 2.05) is 0 Å². The topological polar surface area (TPSA) is 55.4 Å². The van der Waals surface area contributed by atoms with Gasteiger partial charge < -0.3 is 10.1 Å². The Morgan fingerprint density at radius 3 is 2.46 bits per heavy atom. The Labute approximate surface area is 168 Å². The van der Waals surface area contributed by atoms with E-state index in [1.165, 1.54) is 31.2 Å². The fourth-order valence-corrected chi connectivity index (χ4v) is 2.61. The van der Waals surface area contributed by atoms with Crippen LogP contribution in [0.5, 0.6) is 0 Å². The van der Waals surface area contributed by atoms with Gasteiger partial charge >= 0.3 is 12.1 Å². The summed E-state index contributed by atoms with van der Waals surface area (Å²) in [4.78, 5) is 23.9. The predicted octanol–water partition coefficient (Wildman–Crippen LogP) is 5.60. The molecule has 1 N–H and O–H groups in total. The van der Waals surface area contributed by atoms with Crippen LogP contribution in [0.1, 0.15) is 18.1 Å². The molecule has 1 atom stereocenters. The maximum absolute atomic E-state index is 13.0. The molecule has 0 bridgehead atoms. The van der Waals surface area contributed by atoms with Crippen molar-refractivity contribution in [3.8, 4) is 0 Å². The molecule has 2 aromatic rings. The van der Waals surface area contributed by atoms with Crippen LogP contribution in [0.2, 0.25) is 10.0 Å². The Hall–Kier alpha value is -2.51. The van der Waals surface area contributed by atoms with E-state index in [1.54, 1.807) is 12.1 Å². The van der Waals surface area contributed by atoms with Crippen molar-refractivity contribution in [1.29, 1.82) is 0 Å². The van der Waals surface area contributed by atoms with E-state index >= 15 is 0 Å². The number of carbonyl (C=O) groups is 2. The average molecular weight is 432 g/mol. The highest BCUT2D eigenvalue weighted by atomic mass is 35.5. The highest BCUT2D eigenvalue weighted by Crippen LogP contribution is 2.34. The maximum atomic E-state index is 13.0. The van der Waals surface area contributed by atoms with Crippen molar-refractivity contribution in [2.45, 2.75) is 19.2 Å². The van der Waals surface area contributed by atoms with Crippen LogP contribution in [-0.2, 0) is 20.5 Å². The lowest BCUT2D eigenvalue weighted by Crippen LogP contribution is -2.30. The second-order valence-electron chi connectivity index (χ2n) is 5.61. The Morgan fingerprint density at radius 1 is 1.14 bits per heavy atom. The summed E-state index contributed by atoms with van der Waals surface area (Å²) in [5.41, 5.74) is -0.926. The van der Waals surface area contributed by atoms with Crippen molar-refractivity contribution >= 4 is 46.8 Å². The van der Waals surface area contributed by atoms with Crippen LogP contribution in [0.3, 0.4) is 0 Å². The van der Waals surface area contributed by atoms with E-state index in [-0.39, 0.29) is 0 Å². The normalized spacial score (nSPS) is 12.6. The van der Waals surface area contributed by atoms with Crippen LogP contribution in [0.25, 0.3) is 6.08 Å². The van der Waals surface area contributed by atoms with Crippen molar-refractivity contribution in [2.24, 2.45) is 0 Å². The molecule has 0 aliphatic heterocycles. The van der Waals surface area contributed by atoms with Gasteiger partial charge in [0, 0.05) is 16.1 Å². The van der Waals surface area contributed by atoms with Gasteiger partial charge in [-0.2, -0.15) is 13.2 Å². The first-order chi connectivity index (χ1) is 13.1. The number of benzene rings is 2. The minimum absolute atomic E-state index is 0.311. The fourth-order valence-electron chi connectivity index (χ4n) is 2.14. The predicted molar refractivity (Wildman–Crippen MR) is 101 cm³/mol. The molecule has 0 aliphatic carbocycles. The third kappa shape index (κ3) is 6.00. The van der Waals surface area contributed by atoms with Crippen molar-refractivity contribution in [3.05, 3.63) is 69.7 Å². The van der Waals surface area contributed by atoms with Crippen molar-refractivity contribution in [1.82, 2.24) is 0 Å². The Bertz CT molecular complexity index is 914. The smallest absolute Gasteiger partial charge is 0.418 e. The Balaban J connectivity index is 2.01. The number of hydrogen-bond acceptors (Lipinski definition) is 3. The SMILES string of the molecule is CC(OC(=O)/C=C/c1ccc(Cl)cc1Cl)C(=O)Nc1ccccc1C(F)(F)F. The van der Waals surface area contributed by atoms with Crippen LogP contribution in [-0.4, -0.2) is 18.0 Å². The highest BCUT2D eigenvalue weighted by molar-refractivity contribution is 6.35. The van der Waals surface area contributed by atoms with Crippen LogP contribution >= 0.6 is 23.2 Å². The highest BCUT2D eigenvalue weighted by Gasteiger charge is 2.34. The number of para-hydroxylation sites is 1. The molecule has 0 radical (unpaired) electrons. The second-order valence-corrected chi connectivity index (χ2v) is 6.45. The van der Waals surface area contributed by atoms with Gasteiger partial charge in [0.05, 0.1) is 11.3 Å². The van der Waals surface area contributed by atoms with Crippen LogP contribution in [0.4, 0.5) is 18.9 Å². The van der Waals surface area contributed by atoms with E-state index in [0.29, 0.717) is 15.6 Å². The molecule has 2 aromatic carbocycles. The molecule has 2 rings (SSSR count). The number of carbonyl (C=O) groups excluding carboxylic acids is 2. The van der Waals surface area contributed by atoms with Gasteiger partial charge in [-0.05, 0) is 42.8 Å². The van der Waals surface area contributed by atoms with Gasteiger partial charge in [0.2, 0.25) is 0 Å². The number of ether oxygens (including phenoxy) is 1. The lowest BCUT2D eigenvalue weighted by Gasteiger charge is -2.16. The number of rotatable bonds is 5. The molecule has 28 heavy (non-hydrogen) atoms. The third-order valence-corrected chi connectivity index (χ3v) is 4.08. The first-order valence-electron chi connectivity index (χ1n) is 7.89.